The summed E-state index contributed by atoms with van der Waals surface area (Å²) >= 11 is 0. The van der Waals surface area contributed by atoms with Gasteiger partial charge < -0.3 is 62.8 Å². The molecule has 506 valence electrons. The lowest BCUT2D eigenvalue weighted by molar-refractivity contribution is -1.09. The quantitative estimate of drug-likeness (QED) is 0.110. The van der Waals surface area contributed by atoms with E-state index in [4.69, 9.17) is 0 Å². The predicted molar refractivity (Wildman–Crippen MR) is 375 cm³/mol. The van der Waals surface area contributed by atoms with Gasteiger partial charge in [0.2, 0.25) is 0 Å². The second-order valence-electron chi connectivity index (χ2n) is 38.8. The molecule has 0 saturated carbocycles. The van der Waals surface area contributed by atoms with Crippen molar-refractivity contribution in [3.05, 3.63) is 141 Å². The molecule has 21 fully saturated rings. The van der Waals surface area contributed by atoms with Crippen molar-refractivity contribution in [2.75, 3.05) is 303 Å². The van der Waals surface area contributed by atoms with Crippen molar-refractivity contribution in [3.63, 3.8) is 0 Å². The molecule has 0 N–H and O–H groups in total. The maximum absolute atomic E-state index is 2.79. The SMILES string of the molecule is C[N+]12CC[N+](Cc3ccc(C[N+]45CC[N+](Cc6cc(C[N+]78CC[N+](C)(CC7)CC8)cc(C[N+]78CC[N+](Cc9cc(C[N+]%10%11CC[N+](C)(CC%10)CC%11)cc(C[N+]%10%11CC[N+](Cc%12ccc(C[N+]%13%14CC[N+](C)(CC%13)CC%14)cc%12)(CC%10)CC%11)c9)(CC7)CC8)c6)(CC4)CC5)cc3)(CC1)CC2. The van der Waals surface area contributed by atoms with Crippen molar-refractivity contribution in [3.8, 4) is 0 Å². The van der Waals surface area contributed by atoms with E-state index in [0.29, 0.717) is 0 Å². The van der Waals surface area contributed by atoms with E-state index in [1.165, 1.54) is 403 Å². The number of hydrogen-bond donors (Lipinski definition) is 0. The van der Waals surface area contributed by atoms with Crippen LogP contribution in [0.3, 0.4) is 0 Å². The summed E-state index contributed by atoms with van der Waals surface area (Å²) in [6.07, 6.45) is 0. The van der Waals surface area contributed by atoms with Gasteiger partial charge in [-0.3, -0.25) is 0 Å². The highest BCUT2D eigenvalue weighted by atomic mass is 15.6. The van der Waals surface area contributed by atoms with Gasteiger partial charge in [0, 0.05) is 55.6 Å². The fourth-order valence-corrected chi connectivity index (χ4v) is 23.9. The highest BCUT2D eigenvalue weighted by molar-refractivity contribution is 5.31. The first kappa shape index (κ1) is 62.6. The fraction of sp³-hybridized carbons (Fsp3) is 0.700. The lowest BCUT2D eigenvalue weighted by Crippen LogP contribution is -2.74. The number of quaternary nitrogens is 14. The van der Waals surface area contributed by atoms with Crippen molar-refractivity contribution in [2.24, 2.45) is 0 Å². The second-order valence-corrected chi connectivity index (χ2v) is 38.8. The summed E-state index contributed by atoms with van der Waals surface area (Å²) in [5.41, 5.74) is 16.4. The van der Waals surface area contributed by atoms with Gasteiger partial charge in [0.15, 0.2) is 0 Å². The average molecular weight is 1290 g/mol. The minimum absolute atomic E-state index is 1.23. The maximum Gasteiger partial charge on any atom is 0.129 e. The first-order valence-electron chi connectivity index (χ1n) is 39.4. The van der Waals surface area contributed by atoms with Crippen LogP contribution >= 0.6 is 0 Å². The smallest absolute Gasteiger partial charge is 0.129 e. The number of fused-ring (bicyclic) bond motifs is 21. The summed E-state index contributed by atoms with van der Waals surface area (Å²) in [5, 5.41) is 0. The molecule has 0 radical (unpaired) electrons. The van der Waals surface area contributed by atoms with Crippen LogP contribution in [0, 0.1) is 0 Å². The molecule has 0 aromatic heterocycles. The molecule has 4 aromatic carbocycles. The third-order valence-corrected chi connectivity index (χ3v) is 32.3. The van der Waals surface area contributed by atoms with Gasteiger partial charge in [0.25, 0.3) is 0 Å². The molecule has 0 atom stereocenters. The molecule has 14 heteroatoms. The van der Waals surface area contributed by atoms with Crippen molar-refractivity contribution < 1.29 is 62.8 Å². The molecule has 25 rings (SSSR count). The highest BCUT2D eigenvalue weighted by Crippen LogP contribution is 2.40. The zero-order chi connectivity index (χ0) is 63.4. The standard InChI is InChI=1S/C80H130N14/c1-81-13-25-85(26-14-81,27-15-81)61-71-5-9-73(10-6-71)63-89-37-43-91(44-38-89,45-39-89)67-77-55-75(65-87-31-19-83(3,20-32-87)21-33-87)57-79(59-77)69-93-49-52-94(53-50-93,54-51-93)70-80-58-76(66-88-34-22-84(4,23-35-88)24-36-88)56-78(60-80)68-92-46-40-90(41-47-92,42-48-92)64-74-11-7-72(8-12-74)62-86-28-16-82(2,17-29-86)18-30-86/h5-12,55-60H,13-54,61-70H2,1-4H3/q+14. The summed E-state index contributed by atoms with van der Waals surface area (Å²) in [5.74, 6) is 0. The van der Waals surface area contributed by atoms with Gasteiger partial charge >= 0.3 is 0 Å². The van der Waals surface area contributed by atoms with E-state index < -0.39 is 0 Å². The van der Waals surface area contributed by atoms with E-state index in [-0.39, 0.29) is 0 Å². The van der Waals surface area contributed by atoms with Gasteiger partial charge in [-0.05, 0) is 36.4 Å². The van der Waals surface area contributed by atoms with Crippen LogP contribution in [0.2, 0.25) is 0 Å². The first-order valence-corrected chi connectivity index (χ1v) is 39.4. The van der Waals surface area contributed by atoms with Gasteiger partial charge in [-0.1, -0.05) is 48.5 Å². The summed E-state index contributed by atoms with van der Waals surface area (Å²) in [6, 6.07) is 36.9. The molecule has 21 aliphatic rings. The number of nitrogens with zero attached hydrogens (tertiary/aromatic N) is 14. The van der Waals surface area contributed by atoms with Gasteiger partial charge in [-0.25, -0.2) is 0 Å². The second kappa shape index (κ2) is 22.4. The first-order chi connectivity index (χ1) is 45.1. The Morgan fingerprint density at radius 1 is 0.149 bits per heavy atom. The van der Waals surface area contributed by atoms with Gasteiger partial charge in [0.05, 0.1) is 28.2 Å². The minimum Gasteiger partial charge on any atom is -0.312 e. The topological polar surface area (TPSA) is 0 Å². The largest absolute Gasteiger partial charge is 0.312 e. The number of rotatable bonds is 20. The van der Waals surface area contributed by atoms with E-state index in [0.717, 1.165) is 0 Å². The molecule has 0 spiro atoms. The van der Waals surface area contributed by atoms with Crippen LogP contribution in [0.15, 0.2) is 84.9 Å². The Morgan fingerprint density at radius 2 is 0.245 bits per heavy atom. The summed E-state index contributed by atoms with van der Waals surface area (Å²) in [7, 11) is 10.1. The molecule has 21 saturated heterocycles. The van der Waals surface area contributed by atoms with Crippen LogP contribution < -0.4 is 0 Å². The van der Waals surface area contributed by atoms with Crippen LogP contribution in [0.25, 0.3) is 0 Å². The molecule has 0 amide bonds. The van der Waals surface area contributed by atoms with Crippen LogP contribution in [0.5, 0.6) is 0 Å². The Labute approximate surface area is 569 Å². The number of likely N-dealkylation sites (N-methyl/N-ethyl adjacent to an activating group) is 4. The number of benzene rings is 4. The summed E-state index contributed by atoms with van der Waals surface area (Å²) in [4.78, 5) is 0. The lowest BCUT2D eigenvalue weighted by atomic mass is 9.96. The van der Waals surface area contributed by atoms with Gasteiger partial charge in [0.1, 0.15) is 340 Å². The minimum atomic E-state index is 1.23. The molecule has 94 heavy (non-hydrogen) atoms. The molecule has 4 aromatic rings. The van der Waals surface area contributed by atoms with Gasteiger partial charge in [-0.15, -0.1) is 0 Å². The van der Waals surface area contributed by atoms with Crippen LogP contribution in [-0.2, 0) is 65.4 Å². The molecule has 21 aliphatic heterocycles. The highest BCUT2D eigenvalue weighted by Gasteiger charge is 2.55. The monoisotopic (exact) mass is 1290 g/mol. The van der Waals surface area contributed by atoms with E-state index in [9.17, 15) is 0 Å². The molecule has 21 heterocycles. The van der Waals surface area contributed by atoms with E-state index in [1.54, 1.807) is 55.6 Å². The van der Waals surface area contributed by atoms with E-state index in [2.05, 4.69) is 113 Å². The van der Waals surface area contributed by atoms with E-state index >= 15 is 0 Å². The fourth-order valence-electron chi connectivity index (χ4n) is 23.9. The molecule has 14 bridgehead atoms. The zero-order valence-electron chi connectivity index (χ0n) is 60.1. The summed E-state index contributed by atoms with van der Waals surface area (Å²) < 4.78 is 18.6. The molecular weight excluding hydrogens is 1160 g/mol. The third kappa shape index (κ3) is 12.0. The predicted octanol–water partition coefficient (Wildman–Crippen LogP) is 4.93. The van der Waals surface area contributed by atoms with Crippen molar-refractivity contribution in [1.29, 1.82) is 0 Å². The normalized spacial score (nSPS) is 43.8. The Kier molecular flexibility index (Phi) is 14.9. The molecular formula is C80H130N14+14. The maximum atomic E-state index is 2.79. The molecule has 0 unspecified atom stereocenters. The molecule has 0 aliphatic carbocycles. The summed E-state index contributed by atoms with van der Waals surface area (Å²) in [6.45, 7) is 69.7. The van der Waals surface area contributed by atoms with E-state index in [1.807, 2.05) is 0 Å². The Hall–Kier alpha value is -3.68. The van der Waals surface area contributed by atoms with Crippen LogP contribution in [-0.4, -0.2) is 366 Å². The Balaban J connectivity index is 0.539. The lowest BCUT2D eigenvalue weighted by Gasteiger charge is -2.56. The Morgan fingerprint density at radius 3 is 0.362 bits per heavy atom. The Bertz CT molecular complexity index is 3120. The van der Waals surface area contributed by atoms with Crippen LogP contribution in [0.1, 0.15) is 55.6 Å². The molecule has 14 nitrogen and oxygen atoms in total. The number of hydrogen-bond acceptors (Lipinski definition) is 0. The third-order valence-electron chi connectivity index (χ3n) is 32.3. The van der Waals surface area contributed by atoms with Crippen molar-refractivity contribution in [1.82, 2.24) is 0 Å². The van der Waals surface area contributed by atoms with Gasteiger partial charge in [-0.2, -0.15) is 0 Å². The van der Waals surface area contributed by atoms with Crippen molar-refractivity contribution >= 4 is 0 Å². The van der Waals surface area contributed by atoms with Crippen molar-refractivity contribution in [2.45, 2.75) is 65.4 Å². The zero-order valence-corrected chi connectivity index (χ0v) is 60.1. The number of piperazine rings is 21. The average Bonchev–Trinajstić information content (AvgIpc) is 0.771. The van der Waals surface area contributed by atoms with Crippen LogP contribution in [0.4, 0.5) is 0 Å².